The second-order valence-electron chi connectivity index (χ2n) is 7.05. The number of carbonyl (C=O) groups is 1. The van der Waals surface area contributed by atoms with E-state index in [4.69, 9.17) is 0 Å². The van der Waals surface area contributed by atoms with Gasteiger partial charge in [0.2, 0.25) is 0 Å². The van der Waals surface area contributed by atoms with Crippen molar-refractivity contribution in [3.05, 3.63) is 23.9 Å². The van der Waals surface area contributed by atoms with Gasteiger partial charge in [0.25, 0.3) is 5.91 Å². The number of amides is 1. The van der Waals surface area contributed by atoms with Crippen LogP contribution in [-0.2, 0) is 4.79 Å². The lowest BCUT2D eigenvalue weighted by Gasteiger charge is -2.15. The maximum atomic E-state index is 12.3. The van der Waals surface area contributed by atoms with Crippen molar-refractivity contribution >= 4 is 5.91 Å². The zero-order chi connectivity index (χ0) is 19.1. The van der Waals surface area contributed by atoms with E-state index in [0.29, 0.717) is 24.6 Å². The molecule has 0 saturated carbocycles. The molecule has 0 radical (unpaired) electrons. The molecule has 0 aromatic rings. The Morgan fingerprint density at radius 1 is 1.12 bits per heavy atom. The van der Waals surface area contributed by atoms with E-state index in [2.05, 4.69) is 46.8 Å². The minimum absolute atomic E-state index is 0.0206. The molecule has 0 bridgehead atoms. The van der Waals surface area contributed by atoms with E-state index >= 15 is 0 Å². The fraction of sp³-hybridized carbons (Fsp3) is 0.737. The third-order valence-electron chi connectivity index (χ3n) is 3.79. The Morgan fingerprint density at radius 3 is 2.40 bits per heavy atom. The molecular formula is C19H39N5O. The van der Waals surface area contributed by atoms with Gasteiger partial charge in [0, 0.05) is 25.7 Å². The van der Waals surface area contributed by atoms with E-state index in [1.807, 2.05) is 33.3 Å². The smallest absolute Gasteiger partial charge is 0.251 e. The molecule has 0 aliphatic carbocycles. The first-order valence-corrected chi connectivity index (χ1v) is 9.19. The SMILES string of the molecule is CN/C=C\C(=C/CNCC(C)CCN(C)C)C(=O)NCCCN(C)C. The van der Waals surface area contributed by atoms with Crippen molar-refractivity contribution < 1.29 is 4.79 Å². The lowest BCUT2D eigenvalue weighted by molar-refractivity contribution is -0.117. The first kappa shape index (κ1) is 23.6. The average molecular weight is 354 g/mol. The summed E-state index contributed by atoms with van der Waals surface area (Å²) in [4.78, 5) is 16.6. The second-order valence-corrected chi connectivity index (χ2v) is 7.05. The van der Waals surface area contributed by atoms with Crippen molar-refractivity contribution in [1.29, 1.82) is 0 Å². The summed E-state index contributed by atoms with van der Waals surface area (Å²) in [5, 5.41) is 9.34. The molecule has 6 heteroatoms. The van der Waals surface area contributed by atoms with Crippen molar-refractivity contribution in [1.82, 2.24) is 25.8 Å². The monoisotopic (exact) mass is 353 g/mol. The number of carbonyl (C=O) groups excluding carboxylic acids is 1. The van der Waals surface area contributed by atoms with Gasteiger partial charge in [-0.25, -0.2) is 0 Å². The Morgan fingerprint density at radius 2 is 1.80 bits per heavy atom. The van der Waals surface area contributed by atoms with Crippen LogP contribution in [0.4, 0.5) is 0 Å². The quantitative estimate of drug-likeness (QED) is 0.246. The van der Waals surface area contributed by atoms with E-state index in [0.717, 1.165) is 26.1 Å². The van der Waals surface area contributed by atoms with Crippen LogP contribution < -0.4 is 16.0 Å². The van der Waals surface area contributed by atoms with Crippen molar-refractivity contribution in [2.45, 2.75) is 19.8 Å². The molecule has 1 unspecified atom stereocenters. The van der Waals surface area contributed by atoms with E-state index in [9.17, 15) is 4.79 Å². The topological polar surface area (TPSA) is 59.6 Å². The zero-order valence-electron chi connectivity index (χ0n) is 17.1. The summed E-state index contributed by atoms with van der Waals surface area (Å²) in [5.74, 6) is 0.597. The summed E-state index contributed by atoms with van der Waals surface area (Å²) in [6, 6.07) is 0. The predicted octanol–water partition coefficient (Wildman–Crippen LogP) is 0.891. The van der Waals surface area contributed by atoms with E-state index in [-0.39, 0.29) is 5.91 Å². The zero-order valence-corrected chi connectivity index (χ0v) is 17.1. The number of hydrogen-bond acceptors (Lipinski definition) is 5. The Bertz CT molecular complexity index is 405. The Hall–Kier alpha value is -1.37. The highest BCUT2D eigenvalue weighted by atomic mass is 16.1. The number of rotatable bonds is 14. The Labute approximate surface area is 154 Å². The van der Waals surface area contributed by atoms with Gasteiger partial charge < -0.3 is 25.8 Å². The van der Waals surface area contributed by atoms with Crippen LogP contribution in [-0.4, -0.2) is 83.7 Å². The molecule has 0 spiro atoms. The molecule has 0 heterocycles. The number of nitrogens with one attached hydrogen (secondary N) is 3. The van der Waals surface area contributed by atoms with Crippen molar-refractivity contribution in [3.63, 3.8) is 0 Å². The lowest BCUT2D eigenvalue weighted by Crippen LogP contribution is -2.29. The predicted molar refractivity (Wildman–Crippen MR) is 108 cm³/mol. The molecule has 0 aromatic carbocycles. The van der Waals surface area contributed by atoms with Gasteiger partial charge in [-0.3, -0.25) is 4.79 Å². The lowest BCUT2D eigenvalue weighted by atomic mass is 10.1. The van der Waals surface area contributed by atoms with Crippen molar-refractivity contribution in [2.75, 3.05) is 68.0 Å². The van der Waals surface area contributed by atoms with Gasteiger partial charge in [0.05, 0.1) is 0 Å². The normalized spacial score (nSPS) is 13.7. The number of nitrogens with zero attached hydrogens (tertiary/aromatic N) is 2. The van der Waals surface area contributed by atoms with Gasteiger partial charge in [-0.05, 0) is 78.9 Å². The molecule has 146 valence electrons. The summed E-state index contributed by atoms with van der Waals surface area (Å²) >= 11 is 0. The standard InChI is InChI=1S/C19H39N5O/c1-17(10-15-24(5)6)16-21-13-9-18(8-12-20-2)19(25)22-11-7-14-23(3)4/h8-9,12,17,20-21H,7,10-11,13-16H2,1-6H3,(H,22,25)/b12-8-,18-9+. The van der Waals surface area contributed by atoms with Gasteiger partial charge in [-0.2, -0.15) is 0 Å². The van der Waals surface area contributed by atoms with Crippen LogP contribution in [0.2, 0.25) is 0 Å². The minimum atomic E-state index is -0.0206. The largest absolute Gasteiger partial charge is 0.394 e. The molecule has 0 aliphatic heterocycles. The molecule has 1 atom stereocenters. The van der Waals surface area contributed by atoms with Gasteiger partial charge in [0.1, 0.15) is 0 Å². The summed E-state index contributed by atoms with van der Waals surface area (Å²) < 4.78 is 0. The van der Waals surface area contributed by atoms with Gasteiger partial charge in [0.15, 0.2) is 0 Å². The van der Waals surface area contributed by atoms with Crippen LogP contribution in [0.1, 0.15) is 19.8 Å². The summed E-state index contributed by atoms with van der Waals surface area (Å²) in [6.07, 6.45) is 7.67. The summed E-state index contributed by atoms with van der Waals surface area (Å²) in [7, 11) is 10.1. The van der Waals surface area contributed by atoms with Crippen molar-refractivity contribution in [3.8, 4) is 0 Å². The van der Waals surface area contributed by atoms with Crippen LogP contribution in [0.3, 0.4) is 0 Å². The highest BCUT2D eigenvalue weighted by Crippen LogP contribution is 2.01. The molecule has 0 saturated heterocycles. The van der Waals surface area contributed by atoms with Crippen LogP contribution in [0.5, 0.6) is 0 Å². The summed E-state index contributed by atoms with van der Waals surface area (Å²) in [6.45, 7) is 6.66. The molecule has 3 N–H and O–H groups in total. The van der Waals surface area contributed by atoms with Crippen LogP contribution in [0.25, 0.3) is 0 Å². The fourth-order valence-electron chi connectivity index (χ4n) is 2.20. The highest BCUT2D eigenvalue weighted by molar-refractivity contribution is 5.96. The average Bonchev–Trinajstić information content (AvgIpc) is 2.55. The fourth-order valence-corrected chi connectivity index (χ4v) is 2.20. The maximum Gasteiger partial charge on any atom is 0.251 e. The van der Waals surface area contributed by atoms with Crippen molar-refractivity contribution in [2.24, 2.45) is 5.92 Å². The minimum Gasteiger partial charge on any atom is -0.394 e. The molecular weight excluding hydrogens is 314 g/mol. The second kappa shape index (κ2) is 14.9. The van der Waals surface area contributed by atoms with Gasteiger partial charge >= 0.3 is 0 Å². The van der Waals surface area contributed by atoms with Gasteiger partial charge in [-0.15, -0.1) is 0 Å². The van der Waals surface area contributed by atoms with Crippen LogP contribution >= 0.6 is 0 Å². The van der Waals surface area contributed by atoms with E-state index in [1.165, 1.54) is 6.42 Å². The Kier molecular flexibility index (Phi) is 14.1. The van der Waals surface area contributed by atoms with Crippen LogP contribution in [0.15, 0.2) is 23.9 Å². The van der Waals surface area contributed by atoms with Gasteiger partial charge in [-0.1, -0.05) is 13.0 Å². The summed E-state index contributed by atoms with van der Waals surface area (Å²) in [5.41, 5.74) is 0.688. The molecule has 25 heavy (non-hydrogen) atoms. The first-order valence-electron chi connectivity index (χ1n) is 9.19. The molecule has 6 nitrogen and oxygen atoms in total. The Balaban J connectivity index is 4.28. The van der Waals surface area contributed by atoms with E-state index in [1.54, 1.807) is 6.20 Å². The number of hydrogen-bond donors (Lipinski definition) is 3. The molecule has 0 aromatic heterocycles. The molecule has 1 amide bonds. The third kappa shape index (κ3) is 14.7. The molecule has 0 fully saturated rings. The third-order valence-corrected chi connectivity index (χ3v) is 3.79. The maximum absolute atomic E-state index is 12.3. The van der Waals surface area contributed by atoms with Crippen LogP contribution in [0, 0.1) is 5.92 Å². The molecule has 0 rings (SSSR count). The first-order chi connectivity index (χ1) is 11.9. The molecule has 0 aliphatic rings. The highest BCUT2D eigenvalue weighted by Gasteiger charge is 2.06. The van der Waals surface area contributed by atoms with E-state index < -0.39 is 0 Å².